The van der Waals surface area contributed by atoms with Crippen molar-refractivity contribution in [1.82, 2.24) is 4.98 Å². The van der Waals surface area contributed by atoms with Crippen LogP contribution in [0.2, 0.25) is 0 Å². The predicted octanol–water partition coefficient (Wildman–Crippen LogP) is 2.65. The van der Waals surface area contributed by atoms with Crippen molar-refractivity contribution in [2.24, 2.45) is 5.92 Å². The third-order valence-corrected chi connectivity index (χ3v) is 3.60. The third-order valence-electron chi connectivity index (χ3n) is 2.69. The first kappa shape index (κ1) is 10.4. The van der Waals surface area contributed by atoms with Gasteiger partial charge in [0, 0.05) is 6.54 Å². The number of hydrogen-bond donors (Lipinski definition) is 1. The quantitative estimate of drug-likeness (QED) is 0.634. The Morgan fingerprint density at radius 3 is 2.93 bits per heavy atom. The standard InChI is InChI=1S/C9H13N3O2S/c13-12(14)8-6-11-9(15-8)10-5-7-3-1-2-4-7/h6-7H,1-5H2,(H,10,11). The van der Waals surface area contributed by atoms with Crippen LogP contribution in [-0.2, 0) is 0 Å². The van der Waals surface area contributed by atoms with Crippen molar-refractivity contribution in [3.05, 3.63) is 16.3 Å². The van der Waals surface area contributed by atoms with Crippen LogP contribution in [0.25, 0.3) is 0 Å². The molecular formula is C9H13N3O2S. The molecule has 5 nitrogen and oxygen atoms in total. The van der Waals surface area contributed by atoms with E-state index in [1.165, 1.54) is 31.9 Å². The SMILES string of the molecule is O=[N+]([O-])c1cnc(NCC2CCCC2)s1. The predicted molar refractivity (Wildman–Crippen MR) is 59.2 cm³/mol. The van der Waals surface area contributed by atoms with Crippen LogP contribution in [-0.4, -0.2) is 16.5 Å². The molecule has 0 unspecified atom stereocenters. The lowest BCUT2D eigenvalue weighted by Gasteiger charge is -2.08. The second kappa shape index (κ2) is 4.57. The smallest absolute Gasteiger partial charge is 0.345 e. The molecule has 1 aromatic heterocycles. The number of aromatic nitrogens is 1. The highest BCUT2D eigenvalue weighted by Gasteiger charge is 2.16. The minimum absolute atomic E-state index is 0.101. The van der Waals surface area contributed by atoms with Crippen LogP contribution in [0.1, 0.15) is 25.7 Å². The maximum absolute atomic E-state index is 10.4. The van der Waals surface area contributed by atoms with Gasteiger partial charge in [-0.2, -0.15) is 0 Å². The first-order valence-electron chi connectivity index (χ1n) is 5.10. The van der Waals surface area contributed by atoms with Crippen molar-refractivity contribution in [1.29, 1.82) is 0 Å². The highest BCUT2D eigenvalue weighted by atomic mass is 32.1. The number of anilines is 1. The first-order valence-corrected chi connectivity index (χ1v) is 5.91. The fraction of sp³-hybridized carbons (Fsp3) is 0.667. The Kier molecular flexibility index (Phi) is 3.15. The Morgan fingerprint density at radius 1 is 1.60 bits per heavy atom. The zero-order valence-corrected chi connectivity index (χ0v) is 9.13. The van der Waals surface area contributed by atoms with Gasteiger partial charge in [0.25, 0.3) is 0 Å². The molecule has 0 aromatic carbocycles. The van der Waals surface area contributed by atoms with E-state index < -0.39 is 4.92 Å². The van der Waals surface area contributed by atoms with Crippen molar-refractivity contribution in [3.63, 3.8) is 0 Å². The summed E-state index contributed by atoms with van der Waals surface area (Å²) in [5, 5.41) is 14.3. The summed E-state index contributed by atoms with van der Waals surface area (Å²) in [6.07, 6.45) is 6.46. The molecule has 6 heteroatoms. The summed E-state index contributed by atoms with van der Waals surface area (Å²) in [5.41, 5.74) is 0. The van der Waals surface area contributed by atoms with Gasteiger partial charge in [-0.25, -0.2) is 4.98 Å². The molecule has 0 amide bonds. The topological polar surface area (TPSA) is 68.1 Å². The Hall–Kier alpha value is -1.17. The Labute approximate surface area is 91.7 Å². The Bertz CT molecular complexity index is 347. The molecule has 0 aliphatic heterocycles. The van der Waals surface area contributed by atoms with Gasteiger partial charge in [0.2, 0.25) is 0 Å². The van der Waals surface area contributed by atoms with Gasteiger partial charge in [-0.15, -0.1) is 0 Å². The number of hydrogen-bond acceptors (Lipinski definition) is 5. The molecule has 0 radical (unpaired) electrons. The molecule has 1 fully saturated rings. The second-order valence-electron chi connectivity index (χ2n) is 3.79. The van der Waals surface area contributed by atoms with Gasteiger partial charge in [0.15, 0.2) is 5.13 Å². The average molecular weight is 227 g/mol. The van der Waals surface area contributed by atoms with Gasteiger partial charge in [0.1, 0.15) is 6.20 Å². The van der Waals surface area contributed by atoms with E-state index >= 15 is 0 Å². The molecule has 1 saturated carbocycles. The second-order valence-corrected chi connectivity index (χ2v) is 4.80. The van der Waals surface area contributed by atoms with E-state index in [1.54, 1.807) is 0 Å². The van der Waals surface area contributed by atoms with E-state index in [0.717, 1.165) is 17.9 Å². The molecule has 1 aliphatic carbocycles. The fourth-order valence-corrected chi connectivity index (χ4v) is 2.52. The van der Waals surface area contributed by atoms with Gasteiger partial charge >= 0.3 is 5.00 Å². The summed E-state index contributed by atoms with van der Waals surface area (Å²) in [6.45, 7) is 0.894. The van der Waals surface area contributed by atoms with Crippen molar-refractivity contribution < 1.29 is 4.92 Å². The monoisotopic (exact) mass is 227 g/mol. The maximum atomic E-state index is 10.4. The lowest BCUT2D eigenvalue weighted by molar-refractivity contribution is -0.380. The molecule has 15 heavy (non-hydrogen) atoms. The van der Waals surface area contributed by atoms with Crippen molar-refractivity contribution in [3.8, 4) is 0 Å². The Balaban J connectivity index is 1.84. The van der Waals surface area contributed by atoms with Crippen molar-refractivity contribution >= 4 is 21.5 Å². The van der Waals surface area contributed by atoms with Crippen molar-refractivity contribution in [2.45, 2.75) is 25.7 Å². The average Bonchev–Trinajstić information content (AvgIpc) is 2.86. The van der Waals surface area contributed by atoms with E-state index in [0.29, 0.717) is 11.0 Å². The van der Waals surface area contributed by atoms with Gasteiger partial charge in [-0.05, 0) is 30.1 Å². The van der Waals surface area contributed by atoms with Crippen molar-refractivity contribution in [2.75, 3.05) is 11.9 Å². The largest absolute Gasteiger partial charge is 0.361 e. The molecule has 1 aliphatic rings. The zero-order chi connectivity index (χ0) is 10.7. The van der Waals surface area contributed by atoms with E-state index in [-0.39, 0.29) is 5.00 Å². The Morgan fingerprint density at radius 2 is 2.33 bits per heavy atom. The summed E-state index contributed by atoms with van der Waals surface area (Å²) in [7, 11) is 0. The van der Waals surface area contributed by atoms with E-state index in [4.69, 9.17) is 0 Å². The van der Waals surface area contributed by atoms with Crippen LogP contribution in [0.5, 0.6) is 0 Å². The van der Waals surface area contributed by atoms with Gasteiger partial charge in [0.05, 0.1) is 4.92 Å². The number of nitrogens with one attached hydrogen (secondary N) is 1. The number of nitro groups is 1. The molecule has 2 rings (SSSR count). The summed E-state index contributed by atoms with van der Waals surface area (Å²) in [6, 6.07) is 0. The van der Waals surface area contributed by atoms with Gasteiger partial charge in [-0.3, -0.25) is 10.1 Å². The van der Waals surface area contributed by atoms with Gasteiger partial charge in [-0.1, -0.05) is 12.8 Å². The molecule has 1 aromatic rings. The molecule has 82 valence electrons. The summed E-state index contributed by atoms with van der Waals surface area (Å²) < 4.78 is 0. The van der Waals surface area contributed by atoms with Crippen LogP contribution in [0, 0.1) is 16.0 Å². The van der Waals surface area contributed by atoms with E-state index in [2.05, 4.69) is 10.3 Å². The fourth-order valence-electron chi connectivity index (χ4n) is 1.88. The molecule has 0 bridgehead atoms. The highest BCUT2D eigenvalue weighted by Crippen LogP contribution is 2.28. The van der Waals surface area contributed by atoms with E-state index in [9.17, 15) is 10.1 Å². The third kappa shape index (κ3) is 2.65. The maximum Gasteiger partial charge on any atom is 0.345 e. The van der Waals surface area contributed by atoms with Crippen LogP contribution in [0.3, 0.4) is 0 Å². The molecule has 1 heterocycles. The van der Waals surface area contributed by atoms with Crippen LogP contribution in [0.4, 0.5) is 10.1 Å². The lowest BCUT2D eigenvalue weighted by Crippen LogP contribution is -2.10. The van der Waals surface area contributed by atoms with Crippen LogP contribution in [0.15, 0.2) is 6.20 Å². The normalized spacial score (nSPS) is 16.8. The van der Waals surface area contributed by atoms with Crippen LogP contribution >= 0.6 is 11.3 Å². The molecule has 0 saturated heterocycles. The highest BCUT2D eigenvalue weighted by molar-refractivity contribution is 7.18. The minimum atomic E-state index is -0.404. The number of thiazole rings is 1. The first-order chi connectivity index (χ1) is 7.25. The molecule has 1 N–H and O–H groups in total. The van der Waals surface area contributed by atoms with E-state index in [1.807, 2.05) is 0 Å². The number of nitrogens with zero attached hydrogens (tertiary/aromatic N) is 2. The summed E-state index contributed by atoms with van der Waals surface area (Å²) >= 11 is 1.10. The summed E-state index contributed by atoms with van der Waals surface area (Å²) in [4.78, 5) is 14.0. The minimum Gasteiger partial charge on any atom is -0.361 e. The lowest BCUT2D eigenvalue weighted by atomic mass is 10.1. The number of rotatable bonds is 4. The molecule has 0 spiro atoms. The van der Waals surface area contributed by atoms with Crippen LogP contribution < -0.4 is 5.32 Å². The molecule has 0 atom stereocenters. The molecular weight excluding hydrogens is 214 g/mol. The summed E-state index contributed by atoms with van der Waals surface area (Å²) in [5.74, 6) is 0.716. The van der Waals surface area contributed by atoms with Gasteiger partial charge < -0.3 is 5.32 Å². The zero-order valence-electron chi connectivity index (χ0n) is 8.31.